The molecule has 1 aliphatic heterocycles. The van der Waals surface area contributed by atoms with Crippen molar-refractivity contribution < 1.29 is 26.3 Å². The van der Waals surface area contributed by atoms with Crippen molar-refractivity contribution in [1.82, 2.24) is 9.29 Å². The van der Waals surface area contributed by atoms with Crippen molar-refractivity contribution in [1.29, 1.82) is 0 Å². The molecule has 1 unspecified atom stereocenters. The van der Waals surface area contributed by atoms with E-state index in [9.17, 15) is 21.6 Å². The van der Waals surface area contributed by atoms with E-state index in [0.29, 0.717) is 25.7 Å². The van der Waals surface area contributed by atoms with Crippen LogP contribution in [0.5, 0.6) is 0 Å². The number of halogens is 3. The summed E-state index contributed by atoms with van der Waals surface area (Å²) in [6.07, 6.45) is 4.60. The smallest absolute Gasteiger partial charge is 0.248 e. The first-order chi connectivity index (χ1) is 16.1. The topological polar surface area (TPSA) is 59.5 Å². The highest BCUT2D eigenvalue weighted by molar-refractivity contribution is 7.88. The zero-order valence-corrected chi connectivity index (χ0v) is 19.9. The number of aromatic nitrogens is 1. The number of rotatable bonds is 5. The summed E-state index contributed by atoms with van der Waals surface area (Å²) >= 11 is 0. The van der Waals surface area contributed by atoms with Crippen LogP contribution in [0.2, 0.25) is 0 Å². The van der Waals surface area contributed by atoms with Crippen molar-refractivity contribution in [2.45, 2.75) is 50.0 Å². The van der Waals surface area contributed by atoms with Crippen LogP contribution in [0.25, 0.3) is 11.1 Å². The highest BCUT2D eigenvalue weighted by atomic mass is 32.2. The largest absolute Gasteiger partial charge is 0.363 e. The van der Waals surface area contributed by atoms with Crippen molar-refractivity contribution in [3.05, 3.63) is 54.1 Å². The SMILES string of the molecule is CS(=O)(=O)N1COCC12C[C@@H]1CC(F)(F)CC[C@H]1[C@@H]2CCc1ccc(-c2cccc(F)c2)cn1. The van der Waals surface area contributed by atoms with Gasteiger partial charge in [0, 0.05) is 30.3 Å². The molecular weight excluding hydrogens is 465 g/mol. The number of pyridine rings is 1. The summed E-state index contributed by atoms with van der Waals surface area (Å²) in [6, 6.07) is 10.1. The van der Waals surface area contributed by atoms with Crippen molar-refractivity contribution in [2.24, 2.45) is 17.8 Å². The van der Waals surface area contributed by atoms with Crippen molar-refractivity contribution in [2.75, 3.05) is 19.6 Å². The Hall–Kier alpha value is -1.97. The first-order valence-electron chi connectivity index (χ1n) is 11.7. The Bertz CT molecular complexity index is 1160. The quantitative estimate of drug-likeness (QED) is 0.595. The maximum absolute atomic E-state index is 14.2. The number of alkyl halides is 2. The highest BCUT2D eigenvalue weighted by Gasteiger charge is 2.62. The van der Waals surface area contributed by atoms with Crippen molar-refractivity contribution in [3.63, 3.8) is 0 Å². The molecule has 5 rings (SSSR count). The minimum Gasteiger partial charge on any atom is -0.363 e. The molecule has 184 valence electrons. The average Bonchev–Trinajstić information content (AvgIpc) is 3.32. The Kier molecular flexibility index (Phi) is 6.01. The second-order valence-electron chi connectivity index (χ2n) is 10.1. The normalized spacial score (nSPS) is 31.1. The maximum atomic E-state index is 14.2. The summed E-state index contributed by atoms with van der Waals surface area (Å²) in [5.41, 5.74) is 1.61. The van der Waals surface area contributed by atoms with Gasteiger partial charge in [0.1, 0.15) is 12.5 Å². The molecule has 2 aliphatic carbocycles. The third kappa shape index (κ3) is 4.38. The van der Waals surface area contributed by atoms with Gasteiger partial charge >= 0.3 is 0 Å². The molecule has 0 bridgehead atoms. The van der Waals surface area contributed by atoms with Gasteiger partial charge in [-0.3, -0.25) is 4.98 Å². The number of hydrogen-bond acceptors (Lipinski definition) is 4. The third-order valence-corrected chi connectivity index (χ3v) is 9.25. The summed E-state index contributed by atoms with van der Waals surface area (Å²) < 4.78 is 74.3. The van der Waals surface area contributed by atoms with Crippen molar-refractivity contribution in [3.8, 4) is 11.1 Å². The van der Waals surface area contributed by atoms with E-state index in [2.05, 4.69) is 4.98 Å². The molecule has 2 aromatic rings. The maximum Gasteiger partial charge on any atom is 0.248 e. The predicted molar refractivity (Wildman–Crippen MR) is 122 cm³/mol. The number of sulfonamides is 1. The fraction of sp³-hybridized carbons (Fsp3) is 0.560. The van der Waals surface area contributed by atoms with Crippen LogP contribution in [-0.2, 0) is 21.2 Å². The fourth-order valence-corrected chi connectivity index (χ4v) is 7.78. The van der Waals surface area contributed by atoms with Gasteiger partial charge in [-0.2, -0.15) is 4.31 Å². The molecule has 34 heavy (non-hydrogen) atoms. The molecule has 3 fully saturated rings. The van der Waals surface area contributed by atoms with Crippen LogP contribution in [0.3, 0.4) is 0 Å². The Morgan fingerprint density at radius 1 is 1.18 bits per heavy atom. The summed E-state index contributed by atoms with van der Waals surface area (Å²) in [6.45, 7) is 0.223. The lowest BCUT2D eigenvalue weighted by atomic mass is 9.73. The van der Waals surface area contributed by atoms with E-state index in [0.717, 1.165) is 16.8 Å². The van der Waals surface area contributed by atoms with E-state index in [4.69, 9.17) is 4.74 Å². The van der Waals surface area contributed by atoms with Crippen LogP contribution in [0.4, 0.5) is 13.2 Å². The van der Waals surface area contributed by atoms with E-state index >= 15 is 0 Å². The number of hydrogen-bond donors (Lipinski definition) is 0. The molecule has 1 saturated heterocycles. The van der Waals surface area contributed by atoms with Crippen LogP contribution in [-0.4, -0.2) is 48.8 Å². The van der Waals surface area contributed by atoms with Gasteiger partial charge in [0.15, 0.2) is 0 Å². The van der Waals surface area contributed by atoms with E-state index < -0.39 is 21.5 Å². The summed E-state index contributed by atoms with van der Waals surface area (Å²) in [7, 11) is -3.55. The molecule has 0 N–H and O–H groups in total. The fourth-order valence-electron chi connectivity index (χ4n) is 6.59. The van der Waals surface area contributed by atoms with Gasteiger partial charge in [-0.25, -0.2) is 21.6 Å². The number of ether oxygens (including phenoxy) is 1. The lowest BCUT2D eigenvalue weighted by molar-refractivity contribution is -0.0680. The monoisotopic (exact) mass is 494 g/mol. The molecule has 1 aromatic heterocycles. The first kappa shape index (κ1) is 23.8. The molecule has 0 radical (unpaired) electrons. The summed E-state index contributed by atoms with van der Waals surface area (Å²) in [5, 5.41) is 0. The average molecular weight is 495 g/mol. The van der Waals surface area contributed by atoms with Crippen LogP contribution in [0, 0.1) is 23.6 Å². The zero-order chi connectivity index (χ0) is 24.1. The third-order valence-electron chi connectivity index (χ3n) is 7.98. The standard InChI is InChI=1S/C25H29F3N2O3S/c1-34(31,32)30-16-33-15-24(30)12-19-13-25(27,28)10-9-22(19)23(24)8-7-21-6-5-18(14-29-21)17-3-2-4-20(26)11-17/h2-6,11,14,19,22-23H,7-10,12-13,15-16H2,1H3/t19-,22-,23+,24?/m1/s1. The predicted octanol–water partition coefficient (Wildman–Crippen LogP) is 4.88. The second kappa shape index (κ2) is 8.60. The van der Waals surface area contributed by atoms with Gasteiger partial charge in [0.25, 0.3) is 0 Å². The molecule has 1 aromatic carbocycles. The van der Waals surface area contributed by atoms with Crippen LogP contribution < -0.4 is 0 Å². The van der Waals surface area contributed by atoms with Gasteiger partial charge in [0.2, 0.25) is 15.9 Å². The number of nitrogens with zero attached hydrogens (tertiary/aromatic N) is 2. The number of aryl methyl sites for hydroxylation is 1. The molecule has 5 nitrogen and oxygen atoms in total. The van der Waals surface area contributed by atoms with Crippen LogP contribution >= 0.6 is 0 Å². The summed E-state index contributed by atoms with van der Waals surface area (Å²) in [4.78, 5) is 4.55. The molecule has 2 heterocycles. The highest BCUT2D eigenvalue weighted by Crippen LogP contribution is 2.59. The molecule has 4 atom stereocenters. The van der Waals surface area contributed by atoms with E-state index in [1.807, 2.05) is 18.2 Å². The van der Waals surface area contributed by atoms with E-state index in [1.54, 1.807) is 12.3 Å². The first-order valence-corrected chi connectivity index (χ1v) is 13.6. The van der Waals surface area contributed by atoms with Gasteiger partial charge in [-0.15, -0.1) is 0 Å². The lowest BCUT2D eigenvalue weighted by Gasteiger charge is -2.39. The zero-order valence-electron chi connectivity index (χ0n) is 19.1. The van der Waals surface area contributed by atoms with E-state index in [1.165, 1.54) is 22.7 Å². The molecule has 1 spiro atoms. The second-order valence-corrected chi connectivity index (χ2v) is 12.0. The lowest BCUT2D eigenvalue weighted by Crippen LogP contribution is -2.52. The van der Waals surface area contributed by atoms with Gasteiger partial charge in [-0.1, -0.05) is 18.2 Å². The van der Waals surface area contributed by atoms with Crippen LogP contribution in [0.1, 0.15) is 37.8 Å². The number of benzene rings is 1. The Labute approximate surface area is 198 Å². The van der Waals surface area contributed by atoms with Gasteiger partial charge in [-0.05, 0) is 67.2 Å². The van der Waals surface area contributed by atoms with Crippen LogP contribution in [0.15, 0.2) is 42.6 Å². The minimum atomic E-state index is -3.55. The van der Waals surface area contributed by atoms with Gasteiger partial charge < -0.3 is 4.74 Å². The van der Waals surface area contributed by atoms with Gasteiger partial charge in [0.05, 0.1) is 18.4 Å². The Morgan fingerprint density at radius 3 is 2.71 bits per heavy atom. The summed E-state index contributed by atoms with van der Waals surface area (Å²) in [5.74, 6) is -3.26. The molecule has 2 saturated carbocycles. The Morgan fingerprint density at radius 2 is 2.00 bits per heavy atom. The molecule has 0 amide bonds. The molecule has 3 aliphatic rings. The Balaban J connectivity index is 1.38. The number of fused-ring (bicyclic) bond motifs is 1. The molecular formula is C25H29F3N2O3S. The van der Waals surface area contributed by atoms with Crippen molar-refractivity contribution >= 4 is 10.0 Å². The van der Waals surface area contributed by atoms with E-state index in [-0.39, 0.29) is 49.8 Å². The minimum absolute atomic E-state index is 0.0221. The molecule has 9 heteroatoms.